The number of piperidine rings is 1. The zero-order valence-corrected chi connectivity index (χ0v) is 19.3. The smallest absolute Gasteiger partial charge is 0.240 e. The largest absolute Gasteiger partial charge is 0.350 e. The quantitative estimate of drug-likeness (QED) is 0.567. The van der Waals surface area contributed by atoms with E-state index in [0.717, 1.165) is 40.6 Å². The summed E-state index contributed by atoms with van der Waals surface area (Å²) in [6, 6.07) is 16.7. The Hall–Kier alpha value is -2.31. The van der Waals surface area contributed by atoms with Crippen LogP contribution in [-0.4, -0.2) is 39.7 Å². The number of aromatic nitrogens is 2. The molecule has 0 aliphatic carbocycles. The minimum Gasteiger partial charge on any atom is -0.350 e. The summed E-state index contributed by atoms with van der Waals surface area (Å²) in [7, 11) is 0. The maximum absolute atomic E-state index is 12.7. The Morgan fingerprint density at radius 3 is 2.71 bits per heavy atom. The maximum Gasteiger partial charge on any atom is 0.240 e. The summed E-state index contributed by atoms with van der Waals surface area (Å²) in [6.07, 6.45) is 4.71. The molecule has 1 aliphatic rings. The van der Waals surface area contributed by atoms with Gasteiger partial charge < -0.3 is 9.88 Å². The number of fused-ring (bicyclic) bond motifs is 1. The summed E-state index contributed by atoms with van der Waals surface area (Å²) in [4.78, 5) is 19.9. The van der Waals surface area contributed by atoms with Crippen LogP contribution in [0.15, 0.2) is 48.5 Å². The molecule has 0 saturated carbocycles. The molecule has 164 valence electrons. The number of imidazole rings is 1. The van der Waals surface area contributed by atoms with Gasteiger partial charge in [0.25, 0.3) is 0 Å². The van der Waals surface area contributed by atoms with Crippen LogP contribution in [0.25, 0.3) is 11.0 Å². The first-order valence-corrected chi connectivity index (χ1v) is 12.5. The van der Waals surface area contributed by atoms with E-state index >= 15 is 0 Å². The van der Waals surface area contributed by atoms with Crippen LogP contribution in [0.2, 0.25) is 0 Å². The lowest BCUT2D eigenvalue weighted by Gasteiger charge is -2.30. The van der Waals surface area contributed by atoms with E-state index in [-0.39, 0.29) is 5.91 Å². The number of hydrogen-bond acceptors (Lipinski definition) is 4. The Morgan fingerprint density at radius 2 is 1.94 bits per heavy atom. The molecule has 1 atom stereocenters. The van der Waals surface area contributed by atoms with Gasteiger partial charge in [0.2, 0.25) is 5.91 Å². The first-order chi connectivity index (χ1) is 15.1. The normalized spacial score (nSPS) is 17.2. The molecule has 0 bridgehead atoms. The molecule has 1 N–H and O–H groups in total. The number of benzene rings is 2. The summed E-state index contributed by atoms with van der Waals surface area (Å²) in [6.45, 7) is 6.59. The molecule has 1 unspecified atom stereocenters. The highest BCUT2D eigenvalue weighted by Crippen LogP contribution is 2.20. The Balaban J connectivity index is 1.33. The average molecular weight is 437 g/mol. The number of nitrogens with zero attached hydrogens (tertiary/aromatic N) is 3. The first-order valence-electron chi connectivity index (χ1n) is 11.1. The molecule has 0 spiro atoms. The van der Waals surface area contributed by atoms with Crippen molar-refractivity contribution < 1.29 is 4.79 Å². The van der Waals surface area contributed by atoms with Gasteiger partial charge in [0.05, 0.1) is 16.8 Å². The lowest BCUT2D eigenvalue weighted by atomic mass is 9.99. The van der Waals surface area contributed by atoms with E-state index in [2.05, 4.69) is 47.7 Å². The van der Waals surface area contributed by atoms with E-state index in [4.69, 9.17) is 4.98 Å². The SMILES string of the molecule is CSCc1nc2ccccc2n1CC(=O)NCc1ccc(CN2CCCC(C)C2)cc1. The number of para-hydroxylation sites is 2. The number of rotatable bonds is 8. The van der Waals surface area contributed by atoms with Gasteiger partial charge in [-0.1, -0.05) is 43.3 Å². The van der Waals surface area contributed by atoms with Gasteiger partial charge in [-0.15, -0.1) is 0 Å². The number of carbonyl (C=O) groups is 1. The van der Waals surface area contributed by atoms with Gasteiger partial charge in [-0.2, -0.15) is 11.8 Å². The summed E-state index contributed by atoms with van der Waals surface area (Å²) in [5.74, 6) is 2.54. The predicted octanol–water partition coefficient (Wildman–Crippen LogP) is 4.45. The van der Waals surface area contributed by atoms with Gasteiger partial charge in [0.1, 0.15) is 12.4 Å². The fourth-order valence-electron chi connectivity index (χ4n) is 4.39. The fourth-order valence-corrected chi connectivity index (χ4v) is 4.87. The number of amides is 1. The molecule has 3 aromatic rings. The van der Waals surface area contributed by atoms with Crippen molar-refractivity contribution in [2.45, 2.75) is 45.2 Å². The van der Waals surface area contributed by atoms with Crippen molar-refractivity contribution in [1.82, 2.24) is 19.8 Å². The van der Waals surface area contributed by atoms with E-state index in [1.54, 1.807) is 11.8 Å². The fraction of sp³-hybridized carbons (Fsp3) is 0.440. The van der Waals surface area contributed by atoms with Crippen LogP contribution >= 0.6 is 11.8 Å². The molecule has 0 radical (unpaired) electrons. The highest BCUT2D eigenvalue weighted by molar-refractivity contribution is 7.97. The van der Waals surface area contributed by atoms with E-state index in [0.29, 0.717) is 13.1 Å². The molecular formula is C25H32N4OS. The van der Waals surface area contributed by atoms with Crippen LogP contribution in [-0.2, 0) is 30.2 Å². The summed E-state index contributed by atoms with van der Waals surface area (Å²) < 4.78 is 2.03. The van der Waals surface area contributed by atoms with E-state index in [9.17, 15) is 4.79 Å². The second-order valence-electron chi connectivity index (χ2n) is 8.61. The Bertz CT molecular complexity index is 1010. The minimum absolute atomic E-state index is 0.0110. The second kappa shape index (κ2) is 10.3. The topological polar surface area (TPSA) is 50.2 Å². The Labute approximate surface area is 189 Å². The Kier molecular flexibility index (Phi) is 7.30. The molecule has 1 saturated heterocycles. The van der Waals surface area contributed by atoms with Crippen LogP contribution in [0.3, 0.4) is 0 Å². The third-order valence-electron chi connectivity index (χ3n) is 5.97. The lowest BCUT2D eigenvalue weighted by molar-refractivity contribution is -0.121. The van der Waals surface area contributed by atoms with Gasteiger partial charge in [0.15, 0.2) is 0 Å². The Morgan fingerprint density at radius 1 is 1.16 bits per heavy atom. The van der Waals surface area contributed by atoms with Crippen LogP contribution in [0.5, 0.6) is 0 Å². The van der Waals surface area contributed by atoms with Crippen LogP contribution in [0, 0.1) is 5.92 Å². The van der Waals surface area contributed by atoms with Crippen molar-refractivity contribution in [3.05, 3.63) is 65.5 Å². The maximum atomic E-state index is 12.7. The summed E-state index contributed by atoms with van der Waals surface area (Å²) in [5.41, 5.74) is 4.43. The molecule has 6 heteroatoms. The highest BCUT2D eigenvalue weighted by atomic mass is 32.2. The third kappa shape index (κ3) is 5.69. The van der Waals surface area contributed by atoms with E-state index in [1.165, 1.54) is 31.5 Å². The number of nitrogens with one attached hydrogen (secondary N) is 1. The number of likely N-dealkylation sites (tertiary alicyclic amines) is 1. The zero-order valence-electron chi connectivity index (χ0n) is 18.5. The lowest BCUT2D eigenvalue weighted by Crippen LogP contribution is -2.33. The molecule has 1 aromatic heterocycles. The van der Waals surface area contributed by atoms with Crippen molar-refractivity contribution in [1.29, 1.82) is 0 Å². The molecule has 1 fully saturated rings. The first kappa shape index (κ1) is 21.9. The molecule has 1 amide bonds. The summed E-state index contributed by atoms with van der Waals surface area (Å²) in [5, 5.41) is 3.07. The monoisotopic (exact) mass is 436 g/mol. The molecule has 4 rings (SSSR count). The van der Waals surface area contributed by atoms with Crippen molar-refractivity contribution >= 4 is 28.7 Å². The molecule has 5 nitrogen and oxygen atoms in total. The molecule has 2 aromatic carbocycles. The van der Waals surface area contributed by atoms with Gasteiger partial charge in [-0.3, -0.25) is 9.69 Å². The van der Waals surface area contributed by atoms with Crippen molar-refractivity contribution in [2.24, 2.45) is 5.92 Å². The zero-order chi connectivity index (χ0) is 21.6. The van der Waals surface area contributed by atoms with E-state index in [1.807, 2.05) is 28.8 Å². The summed E-state index contributed by atoms with van der Waals surface area (Å²) >= 11 is 1.72. The van der Waals surface area contributed by atoms with Crippen molar-refractivity contribution in [3.63, 3.8) is 0 Å². The molecule has 2 heterocycles. The number of carbonyl (C=O) groups excluding carboxylic acids is 1. The van der Waals surface area contributed by atoms with E-state index < -0.39 is 0 Å². The second-order valence-corrected chi connectivity index (χ2v) is 9.48. The number of hydrogen-bond donors (Lipinski definition) is 1. The van der Waals surface area contributed by atoms with Crippen LogP contribution in [0.1, 0.15) is 36.7 Å². The third-order valence-corrected chi connectivity index (χ3v) is 6.52. The standard InChI is InChI=1S/C25H32N4OS/c1-19-6-5-13-28(15-19)16-21-11-9-20(10-12-21)14-26-25(30)17-29-23-8-4-3-7-22(23)27-24(29)18-31-2/h3-4,7-12,19H,5-6,13-18H2,1-2H3,(H,26,30). The van der Waals surface area contributed by atoms with Gasteiger partial charge in [-0.05, 0) is 54.8 Å². The van der Waals surface area contributed by atoms with Gasteiger partial charge in [-0.25, -0.2) is 4.98 Å². The van der Waals surface area contributed by atoms with Crippen molar-refractivity contribution in [2.75, 3.05) is 19.3 Å². The van der Waals surface area contributed by atoms with Gasteiger partial charge >= 0.3 is 0 Å². The molecular weight excluding hydrogens is 404 g/mol. The molecule has 1 aliphatic heterocycles. The van der Waals surface area contributed by atoms with Gasteiger partial charge in [0, 0.05) is 19.6 Å². The van der Waals surface area contributed by atoms with Crippen LogP contribution in [0.4, 0.5) is 0 Å². The minimum atomic E-state index is 0.0110. The van der Waals surface area contributed by atoms with Crippen molar-refractivity contribution in [3.8, 4) is 0 Å². The average Bonchev–Trinajstić information content (AvgIpc) is 3.11. The number of thioether (sulfide) groups is 1. The van der Waals surface area contributed by atoms with Crippen LogP contribution < -0.4 is 5.32 Å². The predicted molar refractivity (Wildman–Crippen MR) is 129 cm³/mol. The highest BCUT2D eigenvalue weighted by Gasteiger charge is 2.16. The molecule has 31 heavy (non-hydrogen) atoms.